The van der Waals surface area contributed by atoms with Gasteiger partial charge in [0.25, 0.3) is 5.91 Å². The zero-order valence-corrected chi connectivity index (χ0v) is 14.4. The van der Waals surface area contributed by atoms with Gasteiger partial charge in [-0.2, -0.15) is 0 Å². The van der Waals surface area contributed by atoms with E-state index < -0.39 is 0 Å². The molecule has 0 bridgehead atoms. The van der Waals surface area contributed by atoms with Gasteiger partial charge in [-0.15, -0.1) is 0 Å². The van der Waals surface area contributed by atoms with E-state index in [4.69, 9.17) is 4.74 Å². The van der Waals surface area contributed by atoms with Crippen molar-refractivity contribution in [3.05, 3.63) is 23.9 Å². The van der Waals surface area contributed by atoms with Crippen LogP contribution in [-0.2, 0) is 9.53 Å². The zero-order valence-electron chi connectivity index (χ0n) is 14.4. The molecule has 1 amide bonds. The van der Waals surface area contributed by atoms with Gasteiger partial charge in [0.05, 0.1) is 18.1 Å². The molecule has 130 valence electrons. The van der Waals surface area contributed by atoms with Crippen molar-refractivity contribution in [3.8, 4) is 0 Å². The van der Waals surface area contributed by atoms with Crippen LogP contribution >= 0.6 is 0 Å². The number of fused-ring (bicyclic) bond motifs is 1. The van der Waals surface area contributed by atoms with E-state index in [0.717, 1.165) is 38.0 Å². The van der Waals surface area contributed by atoms with Crippen LogP contribution in [0.1, 0.15) is 43.0 Å². The molecule has 6 heteroatoms. The number of pyridine rings is 1. The van der Waals surface area contributed by atoms with Gasteiger partial charge >= 0.3 is 5.97 Å². The van der Waals surface area contributed by atoms with Crippen molar-refractivity contribution < 1.29 is 14.3 Å². The maximum atomic E-state index is 12.3. The largest absolute Gasteiger partial charge is 0.469 e. The van der Waals surface area contributed by atoms with Crippen LogP contribution < -0.4 is 10.2 Å². The van der Waals surface area contributed by atoms with Gasteiger partial charge in [-0.05, 0) is 37.3 Å². The summed E-state index contributed by atoms with van der Waals surface area (Å²) in [7, 11) is 1.47. The SMILES string of the molecule is CCCNC(=O)c1ccc(N2CC3CCCC3(C(=O)OC)C2)nc1. The predicted octanol–water partition coefficient (Wildman–Crippen LogP) is 2.00. The second kappa shape index (κ2) is 6.79. The van der Waals surface area contributed by atoms with E-state index in [2.05, 4.69) is 15.2 Å². The van der Waals surface area contributed by atoms with Crippen LogP contribution in [0, 0.1) is 11.3 Å². The average Bonchev–Trinajstić information content (AvgIpc) is 3.17. The monoisotopic (exact) mass is 331 g/mol. The Balaban J connectivity index is 1.72. The fourth-order valence-corrected chi connectivity index (χ4v) is 4.05. The summed E-state index contributed by atoms with van der Waals surface area (Å²) in [5.41, 5.74) is 0.183. The summed E-state index contributed by atoms with van der Waals surface area (Å²) in [6.07, 6.45) is 5.54. The number of nitrogens with one attached hydrogen (secondary N) is 1. The van der Waals surface area contributed by atoms with Crippen molar-refractivity contribution in [2.75, 3.05) is 31.6 Å². The van der Waals surface area contributed by atoms with Crippen LogP contribution in [0.15, 0.2) is 18.3 Å². The van der Waals surface area contributed by atoms with Gasteiger partial charge in [0.1, 0.15) is 5.82 Å². The molecule has 1 saturated heterocycles. The van der Waals surface area contributed by atoms with Crippen molar-refractivity contribution in [2.45, 2.75) is 32.6 Å². The molecule has 6 nitrogen and oxygen atoms in total. The van der Waals surface area contributed by atoms with Gasteiger partial charge in [-0.1, -0.05) is 13.3 Å². The number of ether oxygens (including phenoxy) is 1. The van der Waals surface area contributed by atoms with Gasteiger partial charge in [-0.25, -0.2) is 4.98 Å². The topological polar surface area (TPSA) is 71.5 Å². The van der Waals surface area contributed by atoms with Crippen molar-refractivity contribution in [1.29, 1.82) is 0 Å². The predicted molar refractivity (Wildman–Crippen MR) is 90.9 cm³/mol. The molecule has 2 heterocycles. The van der Waals surface area contributed by atoms with E-state index >= 15 is 0 Å². The van der Waals surface area contributed by atoms with Crippen LogP contribution in [0.3, 0.4) is 0 Å². The molecule has 2 unspecified atom stereocenters. The Morgan fingerprint density at radius 1 is 1.46 bits per heavy atom. The van der Waals surface area contributed by atoms with Crippen LogP contribution in [-0.4, -0.2) is 43.6 Å². The van der Waals surface area contributed by atoms with Gasteiger partial charge < -0.3 is 15.0 Å². The van der Waals surface area contributed by atoms with Crippen molar-refractivity contribution >= 4 is 17.7 Å². The molecule has 24 heavy (non-hydrogen) atoms. The number of carbonyl (C=O) groups is 2. The highest BCUT2D eigenvalue weighted by Crippen LogP contribution is 2.50. The summed E-state index contributed by atoms with van der Waals surface area (Å²) in [5, 5.41) is 2.84. The molecule has 1 aliphatic heterocycles. The summed E-state index contributed by atoms with van der Waals surface area (Å²) in [5.74, 6) is 0.960. The van der Waals surface area contributed by atoms with Crippen LogP contribution in [0.25, 0.3) is 0 Å². The molecule has 1 aromatic rings. The average molecular weight is 331 g/mol. The van der Waals surface area contributed by atoms with E-state index in [1.54, 1.807) is 12.3 Å². The lowest BCUT2D eigenvalue weighted by atomic mass is 9.81. The molecule has 3 rings (SSSR count). The summed E-state index contributed by atoms with van der Waals surface area (Å²) < 4.78 is 5.07. The summed E-state index contributed by atoms with van der Waals surface area (Å²) in [6, 6.07) is 3.67. The normalized spacial score (nSPS) is 25.4. The second-order valence-electron chi connectivity index (χ2n) is 6.78. The molecule has 0 aromatic carbocycles. The number of rotatable bonds is 5. The van der Waals surface area contributed by atoms with E-state index in [9.17, 15) is 9.59 Å². The fraction of sp³-hybridized carbons (Fsp3) is 0.611. The Hall–Kier alpha value is -2.11. The molecular formula is C18H25N3O3. The van der Waals surface area contributed by atoms with Crippen molar-refractivity contribution in [2.24, 2.45) is 11.3 Å². The number of methoxy groups -OCH3 is 1. The fourth-order valence-electron chi connectivity index (χ4n) is 4.05. The standard InChI is InChI=1S/C18H25N3O3/c1-3-9-19-16(22)13-6-7-15(20-10-13)21-11-14-5-4-8-18(14,12-21)17(23)24-2/h6-7,10,14H,3-5,8-9,11-12H2,1-2H3,(H,19,22). The number of esters is 1. The number of anilines is 1. The van der Waals surface area contributed by atoms with Gasteiger partial charge in [0, 0.05) is 25.8 Å². The lowest BCUT2D eigenvalue weighted by Crippen LogP contribution is -2.37. The van der Waals surface area contributed by atoms with Crippen LogP contribution in [0.5, 0.6) is 0 Å². The highest BCUT2D eigenvalue weighted by molar-refractivity contribution is 5.94. The Kier molecular flexibility index (Phi) is 4.73. The van der Waals surface area contributed by atoms with Crippen LogP contribution in [0.4, 0.5) is 5.82 Å². The molecule has 1 aromatic heterocycles. The molecule has 1 N–H and O–H groups in total. The van der Waals surface area contributed by atoms with E-state index in [-0.39, 0.29) is 17.3 Å². The summed E-state index contributed by atoms with van der Waals surface area (Å²) in [4.78, 5) is 30.9. The molecule has 0 spiro atoms. The van der Waals surface area contributed by atoms with Crippen molar-refractivity contribution in [1.82, 2.24) is 10.3 Å². The minimum Gasteiger partial charge on any atom is -0.469 e. The van der Waals surface area contributed by atoms with Gasteiger partial charge in [0.15, 0.2) is 0 Å². The van der Waals surface area contributed by atoms with E-state index in [1.807, 2.05) is 13.0 Å². The van der Waals surface area contributed by atoms with Gasteiger partial charge in [-0.3, -0.25) is 9.59 Å². The highest BCUT2D eigenvalue weighted by Gasteiger charge is 2.55. The summed E-state index contributed by atoms with van der Waals surface area (Å²) in [6.45, 7) is 4.15. The number of carbonyl (C=O) groups excluding carboxylic acids is 2. The third-order valence-electron chi connectivity index (χ3n) is 5.33. The lowest BCUT2D eigenvalue weighted by molar-refractivity contribution is -0.152. The number of hydrogen-bond donors (Lipinski definition) is 1. The minimum absolute atomic E-state index is 0.0944. The summed E-state index contributed by atoms with van der Waals surface area (Å²) >= 11 is 0. The Bertz CT molecular complexity index is 616. The minimum atomic E-state index is -0.381. The lowest BCUT2D eigenvalue weighted by Gasteiger charge is -2.25. The number of amides is 1. The van der Waals surface area contributed by atoms with Gasteiger partial charge in [0.2, 0.25) is 0 Å². The van der Waals surface area contributed by atoms with E-state index in [0.29, 0.717) is 24.6 Å². The quantitative estimate of drug-likeness (QED) is 0.836. The maximum absolute atomic E-state index is 12.3. The Morgan fingerprint density at radius 3 is 2.96 bits per heavy atom. The molecule has 1 saturated carbocycles. The number of nitrogens with zero attached hydrogens (tertiary/aromatic N) is 2. The third-order valence-corrected chi connectivity index (χ3v) is 5.33. The first-order valence-electron chi connectivity index (χ1n) is 8.68. The van der Waals surface area contributed by atoms with Crippen LogP contribution in [0.2, 0.25) is 0 Å². The van der Waals surface area contributed by atoms with E-state index in [1.165, 1.54) is 7.11 Å². The highest BCUT2D eigenvalue weighted by atomic mass is 16.5. The van der Waals surface area contributed by atoms with Crippen molar-refractivity contribution in [3.63, 3.8) is 0 Å². The first-order chi connectivity index (χ1) is 11.6. The molecular weight excluding hydrogens is 306 g/mol. The molecule has 2 aliphatic rings. The molecule has 0 radical (unpaired) electrons. The Labute approximate surface area is 142 Å². The number of hydrogen-bond acceptors (Lipinski definition) is 5. The number of aromatic nitrogens is 1. The second-order valence-corrected chi connectivity index (χ2v) is 6.78. The first kappa shape index (κ1) is 16.7. The Morgan fingerprint density at radius 2 is 2.29 bits per heavy atom. The molecule has 2 atom stereocenters. The maximum Gasteiger partial charge on any atom is 0.313 e. The smallest absolute Gasteiger partial charge is 0.313 e. The molecule has 2 fully saturated rings. The third kappa shape index (κ3) is 2.85. The first-order valence-corrected chi connectivity index (χ1v) is 8.68. The zero-order chi connectivity index (χ0) is 17.2. The molecule has 1 aliphatic carbocycles.